The molecule has 6 heteroatoms. The highest BCUT2D eigenvalue weighted by molar-refractivity contribution is 6.31. The van der Waals surface area contributed by atoms with Crippen molar-refractivity contribution in [1.29, 1.82) is 0 Å². The van der Waals surface area contributed by atoms with E-state index in [0.717, 1.165) is 41.8 Å². The molecular weight excluding hydrogens is 378 g/mol. The third kappa shape index (κ3) is 4.04. The predicted molar refractivity (Wildman–Crippen MR) is 108 cm³/mol. The second kappa shape index (κ2) is 8.07. The van der Waals surface area contributed by atoms with E-state index in [0.29, 0.717) is 11.3 Å². The fourth-order valence-corrected chi connectivity index (χ4v) is 3.87. The topological polar surface area (TPSA) is 59.8 Å². The first-order chi connectivity index (χ1) is 13.6. The van der Waals surface area contributed by atoms with Gasteiger partial charge >= 0.3 is 5.63 Å². The van der Waals surface area contributed by atoms with Crippen molar-refractivity contribution in [3.8, 4) is 5.75 Å². The van der Waals surface area contributed by atoms with Gasteiger partial charge in [-0.3, -0.25) is 4.79 Å². The molecule has 4 rings (SSSR count). The summed E-state index contributed by atoms with van der Waals surface area (Å²) in [4.78, 5) is 26.0. The molecule has 1 fully saturated rings. The van der Waals surface area contributed by atoms with Crippen LogP contribution in [0.4, 0.5) is 0 Å². The van der Waals surface area contributed by atoms with Crippen LogP contribution < -0.4 is 10.4 Å². The number of halogens is 1. The van der Waals surface area contributed by atoms with E-state index >= 15 is 0 Å². The second-order valence-corrected chi connectivity index (χ2v) is 7.33. The molecule has 144 valence electrons. The first-order valence-electron chi connectivity index (χ1n) is 9.30. The van der Waals surface area contributed by atoms with Gasteiger partial charge in [-0.05, 0) is 49.1 Å². The summed E-state index contributed by atoms with van der Waals surface area (Å²) in [6, 6.07) is 16.1. The Balaban J connectivity index is 1.41. The quantitative estimate of drug-likeness (QED) is 0.609. The van der Waals surface area contributed by atoms with Crippen molar-refractivity contribution in [2.45, 2.75) is 25.3 Å². The first kappa shape index (κ1) is 18.6. The summed E-state index contributed by atoms with van der Waals surface area (Å²) >= 11 is 6.27. The van der Waals surface area contributed by atoms with Gasteiger partial charge in [-0.15, -0.1) is 0 Å². The molecule has 1 aliphatic heterocycles. The van der Waals surface area contributed by atoms with Crippen molar-refractivity contribution >= 4 is 28.5 Å². The van der Waals surface area contributed by atoms with Crippen molar-refractivity contribution < 1.29 is 13.9 Å². The molecule has 1 aliphatic rings. The van der Waals surface area contributed by atoms with Crippen LogP contribution in [-0.4, -0.2) is 30.0 Å². The fraction of sp³-hybridized carbons (Fsp3) is 0.273. The molecule has 1 unspecified atom stereocenters. The SMILES string of the molecule is O=C(COc1ccc2ccc(=O)oc2c1)N1CCCC1Cc1ccccc1Cl. The van der Waals surface area contributed by atoms with Crippen LogP contribution in [0.15, 0.2) is 63.8 Å². The zero-order valence-corrected chi connectivity index (χ0v) is 16.0. The van der Waals surface area contributed by atoms with Crippen molar-refractivity contribution in [2.24, 2.45) is 0 Å². The van der Waals surface area contributed by atoms with E-state index in [-0.39, 0.29) is 18.6 Å². The molecule has 3 aromatic rings. The maximum absolute atomic E-state index is 12.7. The predicted octanol–water partition coefficient (Wildman–Crippen LogP) is 4.06. The van der Waals surface area contributed by atoms with Crippen LogP contribution in [-0.2, 0) is 11.2 Å². The van der Waals surface area contributed by atoms with E-state index in [2.05, 4.69) is 0 Å². The third-order valence-corrected chi connectivity index (χ3v) is 5.44. The summed E-state index contributed by atoms with van der Waals surface area (Å²) in [5.74, 6) is 0.446. The summed E-state index contributed by atoms with van der Waals surface area (Å²) in [5.41, 5.74) is 1.08. The Hall–Kier alpha value is -2.79. The molecule has 2 heterocycles. The zero-order valence-electron chi connectivity index (χ0n) is 15.3. The minimum Gasteiger partial charge on any atom is -0.484 e. The molecule has 1 atom stereocenters. The summed E-state index contributed by atoms with van der Waals surface area (Å²) in [7, 11) is 0. The van der Waals surface area contributed by atoms with Gasteiger partial charge in [0.2, 0.25) is 0 Å². The fourth-order valence-electron chi connectivity index (χ4n) is 3.65. The number of carbonyl (C=O) groups excluding carboxylic acids is 1. The minimum atomic E-state index is -0.416. The number of amides is 1. The van der Waals surface area contributed by atoms with Crippen LogP contribution in [0.3, 0.4) is 0 Å². The number of rotatable bonds is 5. The molecule has 2 aromatic carbocycles. The zero-order chi connectivity index (χ0) is 19.5. The molecule has 0 spiro atoms. The summed E-state index contributed by atoms with van der Waals surface area (Å²) in [5, 5.41) is 1.54. The maximum atomic E-state index is 12.7. The highest BCUT2D eigenvalue weighted by Crippen LogP contribution is 2.25. The number of nitrogens with zero attached hydrogens (tertiary/aromatic N) is 1. The number of carbonyl (C=O) groups is 1. The van der Waals surface area contributed by atoms with Crippen LogP contribution in [0.25, 0.3) is 11.0 Å². The van der Waals surface area contributed by atoms with Gasteiger partial charge in [0.25, 0.3) is 5.91 Å². The maximum Gasteiger partial charge on any atom is 0.336 e. The molecule has 0 radical (unpaired) electrons. The molecule has 0 aliphatic carbocycles. The highest BCUT2D eigenvalue weighted by Gasteiger charge is 2.29. The van der Waals surface area contributed by atoms with E-state index < -0.39 is 5.63 Å². The van der Waals surface area contributed by atoms with Gasteiger partial charge in [-0.1, -0.05) is 29.8 Å². The number of benzene rings is 2. The highest BCUT2D eigenvalue weighted by atomic mass is 35.5. The van der Waals surface area contributed by atoms with Gasteiger partial charge in [-0.2, -0.15) is 0 Å². The van der Waals surface area contributed by atoms with Crippen molar-refractivity contribution in [1.82, 2.24) is 4.90 Å². The monoisotopic (exact) mass is 397 g/mol. The van der Waals surface area contributed by atoms with Gasteiger partial charge in [0.15, 0.2) is 6.61 Å². The van der Waals surface area contributed by atoms with E-state index in [1.54, 1.807) is 24.3 Å². The molecule has 0 N–H and O–H groups in total. The lowest BCUT2D eigenvalue weighted by Gasteiger charge is -2.25. The van der Waals surface area contributed by atoms with Crippen molar-refractivity contribution in [3.05, 3.63) is 75.6 Å². The average molecular weight is 398 g/mol. The van der Waals surface area contributed by atoms with Crippen LogP contribution in [0.1, 0.15) is 18.4 Å². The second-order valence-electron chi connectivity index (χ2n) is 6.92. The van der Waals surface area contributed by atoms with Gasteiger partial charge in [0.05, 0.1) is 0 Å². The molecule has 0 bridgehead atoms. The van der Waals surface area contributed by atoms with Gasteiger partial charge < -0.3 is 14.1 Å². The normalized spacial score (nSPS) is 16.5. The summed E-state index contributed by atoms with van der Waals surface area (Å²) in [6.07, 6.45) is 2.67. The Kier molecular flexibility index (Phi) is 5.35. The Morgan fingerprint density at radius 1 is 1.18 bits per heavy atom. The Morgan fingerprint density at radius 2 is 2.00 bits per heavy atom. The van der Waals surface area contributed by atoms with E-state index in [1.165, 1.54) is 6.07 Å². The smallest absolute Gasteiger partial charge is 0.336 e. The standard InChI is InChI=1S/C22H20ClNO4/c23-19-6-2-1-4-16(19)12-17-5-3-11-24(17)21(25)14-27-18-9-7-15-8-10-22(26)28-20(15)13-18/h1-2,4,6-10,13,17H,3,5,11-12,14H2. The van der Waals surface area contributed by atoms with E-state index in [1.807, 2.05) is 29.2 Å². The van der Waals surface area contributed by atoms with Crippen molar-refractivity contribution in [2.75, 3.05) is 13.2 Å². The number of hydrogen-bond donors (Lipinski definition) is 0. The molecule has 1 saturated heterocycles. The number of likely N-dealkylation sites (tertiary alicyclic amines) is 1. The Bertz CT molecular complexity index is 1060. The largest absolute Gasteiger partial charge is 0.484 e. The van der Waals surface area contributed by atoms with Crippen LogP contribution in [0.5, 0.6) is 5.75 Å². The molecule has 28 heavy (non-hydrogen) atoms. The van der Waals surface area contributed by atoms with Gasteiger partial charge in [-0.25, -0.2) is 4.79 Å². The number of hydrogen-bond acceptors (Lipinski definition) is 4. The van der Waals surface area contributed by atoms with Crippen LogP contribution in [0.2, 0.25) is 5.02 Å². The average Bonchev–Trinajstić information content (AvgIpc) is 3.16. The molecule has 0 saturated carbocycles. The van der Waals surface area contributed by atoms with E-state index in [9.17, 15) is 9.59 Å². The summed E-state index contributed by atoms with van der Waals surface area (Å²) < 4.78 is 10.8. The minimum absolute atomic E-state index is 0.0517. The van der Waals surface area contributed by atoms with Crippen LogP contribution >= 0.6 is 11.6 Å². The molecule has 5 nitrogen and oxygen atoms in total. The van der Waals surface area contributed by atoms with Crippen LogP contribution in [0, 0.1) is 0 Å². The van der Waals surface area contributed by atoms with Gasteiger partial charge in [0.1, 0.15) is 11.3 Å². The lowest BCUT2D eigenvalue weighted by molar-refractivity contribution is -0.134. The first-order valence-corrected chi connectivity index (χ1v) is 9.67. The lowest BCUT2D eigenvalue weighted by atomic mass is 10.0. The van der Waals surface area contributed by atoms with Gasteiger partial charge in [0, 0.05) is 35.1 Å². The number of fused-ring (bicyclic) bond motifs is 1. The number of ether oxygens (including phenoxy) is 1. The van der Waals surface area contributed by atoms with Crippen molar-refractivity contribution in [3.63, 3.8) is 0 Å². The Morgan fingerprint density at radius 3 is 2.86 bits per heavy atom. The van der Waals surface area contributed by atoms with E-state index in [4.69, 9.17) is 20.8 Å². The molecule has 1 aromatic heterocycles. The lowest BCUT2D eigenvalue weighted by Crippen LogP contribution is -2.39. The molecular formula is C22H20ClNO4. The summed E-state index contributed by atoms with van der Waals surface area (Å²) in [6.45, 7) is 0.672. The molecule has 1 amide bonds. The third-order valence-electron chi connectivity index (χ3n) is 5.07. The Labute approximate surface area is 167 Å².